The first kappa shape index (κ1) is 23.6. The topological polar surface area (TPSA) is 72.9 Å². The fourth-order valence-corrected chi connectivity index (χ4v) is 3.60. The molecule has 0 radical (unpaired) electrons. The number of hydrogen-bond acceptors (Lipinski definition) is 5. The number of carbonyl (C=O) groups excluding carboxylic acids is 3. The number of carbonyl (C=O) groups is 3. The van der Waals surface area contributed by atoms with Crippen molar-refractivity contribution < 1.29 is 41.4 Å². The van der Waals surface area contributed by atoms with Crippen LogP contribution in [0.3, 0.4) is 0 Å². The van der Waals surface area contributed by atoms with Gasteiger partial charge >= 0.3 is 18.2 Å². The summed E-state index contributed by atoms with van der Waals surface area (Å²) in [6, 6.07) is 1.50. The van der Waals surface area contributed by atoms with Crippen LogP contribution in [-0.4, -0.2) is 49.0 Å². The fraction of sp³-hybridized carbons (Fsp3) is 0.550. The van der Waals surface area contributed by atoms with Gasteiger partial charge in [-0.3, -0.25) is 9.59 Å². The number of piperidine rings is 1. The molecule has 1 aromatic carbocycles. The maximum absolute atomic E-state index is 13.7. The molecular formula is C20H23F4NO5. The minimum absolute atomic E-state index is 0.0414. The Morgan fingerprint density at radius 1 is 1.20 bits per heavy atom. The lowest BCUT2D eigenvalue weighted by Gasteiger charge is -2.38. The second kappa shape index (κ2) is 9.90. The molecule has 2 atom stereocenters. The molecule has 10 heteroatoms. The molecule has 0 unspecified atom stereocenters. The lowest BCUT2D eigenvalue weighted by Crippen LogP contribution is -2.48. The first-order valence-electron chi connectivity index (χ1n) is 9.44. The van der Waals surface area contributed by atoms with E-state index < -0.39 is 48.0 Å². The Labute approximate surface area is 171 Å². The molecule has 1 heterocycles. The number of Topliss-reactive ketones (excluding diaryl/α,β-unsaturated/α-hetero) is 1. The van der Waals surface area contributed by atoms with Crippen molar-refractivity contribution in [2.45, 2.75) is 44.8 Å². The third-order valence-electron chi connectivity index (χ3n) is 4.96. The molecule has 1 amide bonds. The lowest BCUT2D eigenvalue weighted by atomic mass is 9.84. The Morgan fingerprint density at radius 3 is 2.50 bits per heavy atom. The van der Waals surface area contributed by atoms with E-state index in [1.165, 1.54) is 12.0 Å². The van der Waals surface area contributed by atoms with Gasteiger partial charge in [0.2, 0.25) is 0 Å². The van der Waals surface area contributed by atoms with E-state index in [4.69, 9.17) is 9.47 Å². The third kappa shape index (κ3) is 6.17. The summed E-state index contributed by atoms with van der Waals surface area (Å²) in [4.78, 5) is 37.4. The molecule has 0 N–H and O–H groups in total. The molecule has 1 aliphatic heterocycles. The van der Waals surface area contributed by atoms with Gasteiger partial charge < -0.3 is 14.4 Å². The standard InChI is InChI=1S/C20H23F4NO5/c1-3-30-18(27)11-17(26)13-4-5-25(19(28)29-2)16(9-13)8-12-6-14(20(22,23)24)10-15(21)7-12/h6-7,10,13,16H,3-5,8-9,11H2,1-2H3/t13-,16-/m0/s1. The van der Waals surface area contributed by atoms with Crippen molar-refractivity contribution >= 4 is 17.8 Å². The van der Waals surface area contributed by atoms with Gasteiger partial charge in [-0.2, -0.15) is 13.2 Å². The van der Waals surface area contributed by atoms with Gasteiger partial charge in [0.15, 0.2) is 0 Å². The molecule has 0 aromatic heterocycles. The minimum atomic E-state index is -4.72. The number of hydrogen-bond donors (Lipinski definition) is 0. The number of halogens is 4. The number of ether oxygens (including phenoxy) is 2. The average molecular weight is 433 g/mol. The van der Waals surface area contributed by atoms with Crippen LogP contribution in [-0.2, 0) is 31.7 Å². The number of amides is 1. The second-order valence-corrected chi connectivity index (χ2v) is 7.04. The highest BCUT2D eigenvalue weighted by Crippen LogP contribution is 2.32. The summed E-state index contributed by atoms with van der Waals surface area (Å²) in [7, 11) is 1.17. The average Bonchev–Trinajstić information content (AvgIpc) is 2.66. The van der Waals surface area contributed by atoms with Crippen LogP contribution in [0.1, 0.15) is 37.3 Å². The van der Waals surface area contributed by atoms with E-state index in [1.54, 1.807) is 6.92 Å². The van der Waals surface area contributed by atoms with Crippen molar-refractivity contribution in [1.29, 1.82) is 0 Å². The Hall–Kier alpha value is -2.65. The highest BCUT2D eigenvalue weighted by Gasteiger charge is 2.37. The summed E-state index contributed by atoms with van der Waals surface area (Å²) >= 11 is 0. The molecule has 1 aliphatic rings. The summed E-state index contributed by atoms with van der Waals surface area (Å²) in [5.41, 5.74) is -1.09. The van der Waals surface area contributed by atoms with Crippen molar-refractivity contribution in [3.05, 3.63) is 35.1 Å². The van der Waals surface area contributed by atoms with E-state index >= 15 is 0 Å². The number of ketones is 1. The first-order valence-corrected chi connectivity index (χ1v) is 9.44. The molecule has 0 spiro atoms. The molecule has 6 nitrogen and oxygen atoms in total. The number of benzene rings is 1. The Kier molecular flexibility index (Phi) is 7.80. The molecule has 1 saturated heterocycles. The fourth-order valence-electron chi connectivity index (χ4n) is 3.60. The predicted octanol–water partition coefficient (Wildman–Crippen LogP) is 3.76. The summed E-state index contributed by atoms with van der Waals surface area (Å²) < 4.78 is 62.2. The third-order valence-corrected chi connectivity index (χ3v) is 4.96. The van der Waals surface area contributed by atoms with Crippen molar-refractivity contribution in [2.24, 2.45) is 5.92 Å². The molecule has 0 bridgehead atoms. The molecule has 1 aromatic rings. The molecule has 1 fully saturated rings. The van der Waals surface area contributed by atoms with Gasteiger partial charge in [0.05, 0.1) is 19.3 Å². The Balaban J connectivity index is 2.22. The van der Waals surface area contributed by atoms with Crippen molar-refractivity contribution in [3.63, 3.8) is 0 Å². The number of nitrogens with zero attached hydrogens (tertiary/aromatic N) is 1. The van der Waals surface area contributed by atoms with E-state index in [1.807, 2.05) is 0 Å². The summed E-state index contributed by atoms with van der Waals surface area (Å²) in [6.45, 7) is 1.87. The summed E-state index contributed by atoms with van der Waals surface area (Å²) in [5.74, 6) is -2.64. The summed E-state index contributed by atoms with van der Waals surface area (Å²) in [5, 5.41) is 0. The quantitative estimate of drug-likeness (QED) is 0.388. The lowest BCUT2D eigenvalue weighted by molar-refractivity contribution is -0.146. The Bertz CT molecular complexity index is 796. The van der Waals surface area contributed by atoms with Gasteiger partial charge in [-0.15, -0.1) is 0 Å². The van der Waals surface area contributed by atoms with E-state index in [9.17, 15) is 31.9 Å². The predicted molar refractivity (Wildman–Crippen MR) is 97.0 cm³/mol. The molecule has 166 valence electrons. The Morgan fingerprint density at radius 2 is 1.90 bits per heavy atom. The van der Waals surface area contributed by atoms with Gasteiger partial charge in [0.25, 0.3) is 0 Å². The van der Waals surface area contributed by atoms with Gasteiger partial charge in [0, 0.05) is 18.5 Å². The smallest absolute Gasteiger partial charge is 0.416 e. The van der Waals surface area contributed by atoms with Gasteiger partial charge in [0.1, 0.15) is 18.0 Å². The first-order chi connectivity index (χ1) is 14.0. The van der Waals surface area contributed by atoms with Crippen LogP contribution < -0.4 is 0 Å². The van der Waals surface area contributed by atoms with E-state index in [0.717, 1.165) is 12.1 Å². The van der Waals surface area contributed by atoms with Crippen LogP contribution in [0.25, 0.3) is 0 Å². The van der Waals surface area contributed by atoms with E-state index in [2.05, 4.69) is 0 Å². The second-order valence-electron chi connectivity index (χ2n) is 7.04. The summed E-state index contributed by atoms with van der Waals surface area (Å²) in [6.07, 6.45) is -5.53. The maximum Gasteiger partial charge on any atom is 0.416 e. The van der Waals surface area contributed by atoms with Crippen molar-refractivity contribution in [1.82, 2.24) is 4.90 Å². The zero-order valence-corrected chi connectivity index (χ0v) is 16.6. The highest BCUT2D eigenvalue weighted by atomic mass is 19.4. The SMILES string of the molecule is CCOC(=O)CC(=O)[C@H]1CCN(C(=O)OC)[C@@H](Cc2cc(F)cc(C(F)(F)F)c2)C1. The van der Waals surface area contributed by atoms with E-state index in [0.29, 0.717) is 6.07 Å². The van der Waals surface area contributed by atoms with Gasteiger partial charge in [-0.05, 0) is 49.9 Å². The normalized spacial score (nSPS) is 19.3. The number of likely N-dealkylation sites (tertiary alicyclic amines) is 1. The largest absolute Gasteiger partial charge is 0.466 e. The van der Waals surface area contributed by atoms with Gasteiger partial charge in [-0.1, -0.05) is 0 Å². The van der Waals surface area contributed by atoms with Gasteiger partial charge in [-0.25, -0.2) is 9.18 Å². The van der Waals surface area contributed by atoms with Crippen molar-refractivity contribution in [3.8, 4) is 0 Å². The van der Waals surface area contributed by atoms with E-state index in [-0.39, 0.29) is 43.8 Å². The highest BCUT2D eigenvalue weighted by molar-refractivity contribution is 5.96. The van der Waals surface area contributed by atoms with Crippen LogP contribution >= 0.6 is 0 Å². The zero-order valence-electron chi connectivity index (χ0n) is 16.6. The van der Waals surface area contributed by atoms with Crippen LogP contribution in [0.15, 0.2) is 18.2 Å². The molecular weight excluding hydrogens is 410 g/mol. The van der Waals surface area contributed by atoms with Crippen LogP contribution in [0.5, 0.6) is 0 Å². The number of alkyl halides is 3. The van der Waals surface area contributed by atoms with Crippen LogP contribution in [0, 0.1) is 11.7 Å². The van der Waals surface area contributed by atoms with Crippen LogP contribution in [0.2, 0.25) is 0 Å². The molecule has 0 aliphatic carbocycles. The minimum Gasteiger partial charge on any atom is -0.466 e. The number of esters is 1. The molecule has 30 heavy (non-hydrogen) atoms. The monoisotopic (exact) mass is 433 g/mol. The number of rotatable bonds is 6. The van der Waals surface area contributed by atoms with Crippen molar-refractivity contribution in [2.75, 3.05) is 20.3 Å². The maximum atomic E-state index is 13.7. The molecule has 2 rings (SSSR count). The zero-order chi connectivity index (χ0) is 22.5. The van der Waals surface area contributed by atoms with Crippen LogP contribution in [0.4, 0.5) is 22.4 Å². The number of methoxy groups -OCH3 is 1. The molecule has 0 saturated carbocycles.